The lowest BCUT2D eigenvalue weighted by atomic mass is 9.72. The van der Waals surface area contributed by atoms with Crippen molar-refractivity contribution in [2.24, 2.45) is 5.41 Å². The van der Waals surface area contributed by atoms with E-state index in [1.54, 1.807) is 51.4 Å². The van der Waals surface area contributed by atoms with Gasteiger partial charge in [0, 0.05) is 74.8 Å². The van der Waals surface area contributed by atoms with Gasteiger partial charge in [0.2, 0.25) is 0 Å². The van der Waals surface area contributed by atoms with E-state index in [0.29, 0.717) is 11.4 Å². The summed E-state index contributed by atoms with van der Waals surface area (Å²) >= 11 is 6.25. The number of hydrogen-bond acceptors (Lipinski definition) is 10. The Morgan fingerprint density at radius 1 is 0.985 bits per heavy atom. The van der Waals surface area contributed by atoms with Gasteiger partial charge in [0.1, 0.15) is 34.1 Å². The first-order valence-corrected chi connectivity index (χ1v) is 24.4. The maximum absolute atomic E-state index is 15.9. The number of anilines is 1. The van der Waals surface area contributed by atoms with Crippen molar-refractivity contribution in [2.45, 2.75) is 89.3 Å². The summed E-state index contributed by atoms with van der Waals surface area (Å²) in [5.41, 5.74) is 4.18. The van der Waals surface area contributed by atoms with Gasteiger partial charge in [-0.15, -0.1) is 0 Å². The fourth-order valence-corrected chi connectivity index (χ4v) is 9.85. The Hall–Kier alpha value is -6.10. The lowest BCUT2D eigenvalue weighted by Crippen LogP contribution is -2.48. The van der Waals surface area contributed by atoms with Gasteiger partial charge in [0.05, 0.1) is 21.6 Å². The number of nitrogens with one attached hydrogen (secondary N) is 3. The predicted molar refractivity (Wildman–Crippen MR) is 264 cm³/mol. The summed E-state index contributed by atoms with van der Waals surface area (Å²) in [6, 6.07) is 20.9. The summed E-state index contributed by atoms with van der Waals surface area (Å²) in [5.74, 6) is -0.134. The molecule has 358 valence electrons. The smallest absolute Gasteiger partial charge is 0.410 e. The number of allylic oxidation sites excluding steroid dienone is 1. The average Bonchev–Trinajstić information content (AvgIpc) is 3.77. The fourth-order valence-electron chi connectivity index (χ4n) is 8.92. The number of carbonyl (C=O) groups is 2. The molecule has 3 N–H and O–H groups in total. The van der Waals surface area contributed by atoms with Crippen LogP contribution in [0.3, 0.4) is 0 Å². The molecule has 1 atom stereocenters. The predicted octanol–water partition coefficient (Wildman–Crippen LogP) is 11.3. The van der Waals surface area contributed by atoms with E-state index in [0.717, 1.165) is 72.9 Å². The van der Waals surface area contributed by atoms with Crippen LogP contribution < -0.4 is 14.8 Å². The minimum Gasteiger partial charge on any atom is -0.455 e. The molecule has 4 heterocycles. The Labute approximate surface area is 403 Å². The molecule has 1 fully saturated rings. The summed E-state index contributed by atoms with van der Waals surface area (Å²) in [4.78, 5) is 49.4. The van der Waals surface area contributed by atoms with Crippen LogP contribution in [0.25, 0.3) is 22.2 Å². The van der Waals surface area contributed by atoms with Crippen LogP contribution in [0.4, 0.5) is 20.6 Å². The Morgan fingerprint density at radius 3 is 2.44 bits per heavy atom. The quantitative estimate of drug-likeness (QED) is 0.0762. The second kappa shape index (κ2) is 19.9. The number of aromatic nitrogens is 2. The number of aromatic amines is 1. The van der Waals surface area contributed by atoms with Crippen LogP contribution in [0.2, 0.25) is 5.02 Å². The standard InChI is InChI=1S/C51H57ClFN7O7S/c1-49(2,3)67-48(62)59-24-19-51(53,20-25-59)32-56-43-13-11-40(28-44(43)60(63)64)68(65)57-47(61)41-12-8-35(27-45(41)66-39-26-36-15-21-54-46(36)55-30-39)33-16-22-58(23-17-33)31-37-14-18-50(4,5)29-42(37)34-6-9-38(52)10-7-34/h6-13,15-16,21,26-28,30,56H,14,17-20,22-25,29,31-32H2,1-5H3,(H,54,55)(H,57,61). The molecule has 3 aromatic carbocycles. The van der Waals surface area contributed by atoms with E-state index in [1.807, 2.05) is 24.3 Å². The number of rotatable bonds is 13. The van der Waals surface area contributed by atoms with Crippen LogP contribution in [0.15, 0.2) is 102 Å². The lowest BCUT2D eigenvalue weighted by Gasteiger charge is -2.37. The van der Waals surface area contributed by atoms with Crippen LogP contribution in [0, 0.1) is 15.5 Å². The summed E-state index contributed by atoms with van der Waals surface area (Å²) in [6.45, 7) is 12.4. The topological polar surface area (TPSA) is 172 Å². The molecule has 0 saturated carbocycles. The van der Waals surface area contributed by atoms with Crippen molar-refractivity contribution in [1.82, 2.24) is 24.5 Å². The van der Waals surface area contributed by atoms with Gasteiger partial charge in [-0.1, -0.05) is 55.3 Å². The number of nitro groups is 1. The van der Waals surface area contributed by atoms with Crippen molar-refractivity contribution < 1.29 is 32.6 Å². The monoisotopic (exact) mass is 965 g/mol. The molecule has 14 nitrogen and oxygen atoms in total. The van der Waals surface area contributed by atoms with Crippen LogP contribution in [-0.2, 0) is 15.7 Å². The third-order valence-electron chi connectivity index (χ3n) is 12.8. The van der Waals surface area contributed by atoms with E-state index in [4.69, 9.17) is 21.1 Å². The van der Waals surface area contributed by atoms with Gasteiger partial charge in [-0.25, -0.2) is 18.4 Å². The first-order chi connectivity index (χ1) is 32.3. The van der Waals surface area contributed by atoms with Crippen molar-refractivity contribution in [3.8, 4) is 11.5 Å². The normalized spacial score (nSPS) is 17.9. The zero-order valence-electron chi connectivity index (χ0n) is 39.0. The molecule has 2 aromatic heterocycles. The molecule has 17 heteroatoms. The first-order valence-electron chi connectivity index (χ1n) is 22.9. The van der Waals surface area contributed by atoms with Crippen molar-refractivity contribution in [3.05, 3.63) is 129 Å². The molecule has 1 saturated heterocycles. The number of halogens is 2. The molecule has 2 aliphatic heterocycles. The number of alkyl halides is 1. The number of pyridine rings is 1. The van der Waals surface area contributed by atoms with Crippen LogP contribution >= 0.6 is 11.6 Å². The molecule has 8 rings (SSSR count). The highest BCUT2D eigenvalue weighted by Gasteiger charge is 2.38. The number of piperidine rings is 1. The van der Waals surface area contributed by atoms with E-state index in [2.05, 4.69) is 57.0 Å². The molecule has 2 amide bonds. The summed E-state index contributed by atoms with van der Waals surface area (Å²) in [5, 5.41) is 16.6. The zero-order valence-corrected chi connectivity index (χ0v) is 40.5. The Morgan fingerprint density at radius 2 is 1.74 bits per heavy atom. The van der Waals surface area contributed by atoms with E-state index in [1.165, 1.54) is 33.7 Å². The second-order valence-electron chi connectivity index (χ2n) is 19.7. The van der Waals surface area contributed by atoms with Gasteiger partial charge < -0.3 is 24.7 Å². The minimum atomic E-state index is -2.24. The van der Waals surface area contributed by atoms with Gasteiger partial charge in [0.25, 0.3) is 11.6 Å². The van der Waals surface area contributed by atoms with E-state index in [-0.39, 0.29) is 59.8 Å². The van der Waals surface area contributed by atoms with Gasteiger partial charge in [-0.3, -0.25) is 24.5 Å². The molecular weight excluding hydrogens is 909 g/mol. The maximum atomic E-state index is 15.9. The van der Waals surface area contributed by atoms with Gasteiger partial charge in [0.15, 0.2) is 11.0 Å². The third-order valence-corrected chi connectivity index (χ3v) is 14.1. The van der Waals surface area contributed by atoms with Crippen molar-refractivity contribution >= 4 is 68.1 Å². The van der Waals surface area contributed by atoms with Crippen molar-refractivity contribution in [2.75, 3.05) is 44.6 Å². The SMILES string of the molecule is CC1(C)CCC(CN2CC=C(c3ccc(C(=O)NS(=O)c4ccc(NCC5(F)CCN(C(=O)OC(C)(C)C)CC5)c([N+](=O)[O-])c4)c(Oc4cnc5[nH]ccc5c4)c3)CC2)=C(c2ccc(Cl)cc2)C1. The number of carbonyl (C=O) groups excluding carboxylic acids is 2. The van der Waals surface area contributed by atoms with Crippen molar-refractivity contribution in [3.63, 3.8) is 0 Å². The Balaban J connectivity index is 0.969. The number of hydrogen-bond donors (Lipinski definition) is 3. The third kappa shape index (κ3) is 11.8. The van der Waals surface area contributed by atoms with Gasteiger partial charge >= 0.3 is 6.09 Å². The molecule has 0 spiro atoms. The zero-order chi connectivity index (χ0) is 48.4. The Kier molecular flexibility index (Phi) is 14.1. The molecule has 1 aliphatic carbocycles. The van der Waals surface area contributed by atoms with Crippen molar-refractivity contribution in [1.29, 1.82) is 0 Å². The molecule has 0 radical (unpaired) electrons. The largest absolute Gasteiger partial charge is 0.455 e. The number of H-pyrrole nitrogens is 1. The highest BCUT2D eigenvalue weighted by Crippen LogP contribution is 2.44. The number of likely N-dealkylation sites (tertiary alicyclic amines) is 1. The number of nitrogens with zero attached hydrogens (tertiary/aromatic N) is 4. The molecule has 0 bridgehead atoms. The molecule has 3 aliphatic rings. The maximum Gasteiger partial charge on any atom is 0.410 e. The van der Waals surface area contributed by atoms with E-state index >= 15 is 4.39 Å². The molecular formula is C51H57ClFN7O7S. The highest BCUT2D eigenvalue weighted by molar-refractivity contribution is 7.83. The number of fused-ring (bicyclic) bond motifs is 1. The summed E-state index contributed by atoms with van der Waals surface area (Å²) in [7, 11) is -2.24. The van der Waals surface area contributed by atoms with E-state index in [9.17, 15) is 23.9 Å². The molecule has 1 unspecified atom stereocenters. The second-order valence-corrected chi connectivity index (χ2v) is 21.3. The number of nitro benzene ring substituents is 1. The Bertz CT molecular complexity index is 2810. The van der Waals surface area contributed by atoms with Gasteiger partial charge in [-0.2, -0.15) is 0 Å². The highest BCUT2D eigenvalue weighted by atomic mass is 35.5. The van der Waals surface area contributed by atoms with Crippen LogP contribution in [0.5, 0.6) is 11.5 Å². The molecule has 68 heavy (non-hydrogen) atoms. The first kappa shape index (κ1) is 48.4. The average molecular weight is 967 g/mol. The van der Waals surface area contributed by atoms with Gasteiger partial charge in [-0.05, 0) is 123 Å². The number of benzene rings is 3. The summed E-state index contributed by atoms with van der Waals surface area (Å²) < 4.78 is 43.9. The van der Waals surface area contributed by atoms with Crippen LogP contribution in [-0.4, -0.2) is 91.4 Å². The van der Waals surface area contributed by atoms with E-state index < -0.39 is 44.9 Å². The number of ether oxygens (including phenoxy) is 2. The molecule has 5 aromatic rings. The summed E-state index contributed by atoms with van der Waals surface area (Å²) in [6.07, 6.45) is 8.97. The number of amides is 2. The minimum absolute atomic E-state index is 0.00581. The van der Waals surface area contributed by atoms with Crippen LogP contribution in [0.1, 0.15) is 94.6 Å². The fraction of sp³-hybridized carbons (Fsp3) is 0.392. The lowest BCUT2D eigenvalue weighted by molar-refractivity contribution is -0.384.